The molecule has 1 heterocycles. The molecule has 0 bridgehead atoms. The van der Waals surface area contributed by atoms with E-state index in [0.717, 1.165) is 31.8 Å². The maximum Gasteiger partial charge on any atom is 0.224 e. The summed E-state index contributed by atoms with van der Waals surface area (Å²) >= 11 is 0. The third-order valence-corrected chi connectivity index (χ3v) is 4.55. The van der Waals surface area contributed by atoms with Crippen LogP contribution in [-0.2, 0) is 9.59 Å². The number of piperidine rings is 1. The molecule has 0 radical (unpaired) electrons. The third kappa shape index (κ3) is 3.95. The van der Waals surface area contributed by atoms with E-state index in [9.17, 15) is 9.59 Å². The van der Waals surface area contributed by atoms with Crippen LogP contribution in [0, 0.1) is 11.8 Å². The lowest BCUT2D eigenvalue weighted by atomic mass is 9.97. The first kappa shape index (κ1) is 15.3. The molecule has 0 spiro atoms. The average Bonchev–Trinajstić information content (AvgIpc) is 3.23. The van der Waals surface area contributed by atoms with Gasteiger partial charge in [0, 0.05) is 32.6 Å². The minimum Gasteiger partial charge on any atom is -0.354 e. The molecule has 0 unspecified atom stereocenters. The Morgan fingerprint density at radius 3 is 2.55 bits per heavy atom. The molecule has 1 aliphatic carbocycles. The van der Waals surface area contributed by atoms with Crippen molar-refractivity contribution in [2.45, 2.75) is 38.6 Å². The van der Waals surface area contributed by atoms with E-state index in [-0.39, 0.29) is 17.7 Å². The third-order valence-electron chi connectivity index (χ3n) is 4.55. The summed E-state index contributed by atoms with van der Waals surface area (Å²) in [6, 6.07) is 0.450. The largest absolute Gasteiger partial charge is 0.354 e. The minimum atomic E-state index is -0.0327. The molecule has 2 rings (SSSR count). The van der Waals surface area contributed by atoms with Gasteiger partial charge < -0.3 is 15.1 Å². The number of amides is 2. The highest BCUT2D eigenvalue weighted by Crippen LogP contribution is 2.34. The van der Waals surface area contributed by atoms with Crippen LogP contribution in [0.5, 0.6) is 0 Å². The van der Waals surface area contributed by atoms with Gasteiger partial charge in [-0.1, -0.05) is 0 Å². The monoisotopic (exact) mass is 281 g/mol. The molecule has 2 aliphatic rings. The SMILES string of the molecule is CC(=O)N1CCC[C@H](C(=O)NC[C@H](C2CC2)N(C)C)C1. The van der Waals surface area contributed by atoms with E-state index in [4.69, 9.17) is 0 Å². The van der Waals surface area contributed by atoms with Crippen LogP contribution in [0.25, 0.3) is 0 Å². The number of nitrogens with one attached hydrogen (secondary N) is 1. The van der Waals surface area contributed by atoms with Crippen molar-refractivity contribution in [1.29, 1.82) is 0 Å². The number of likely N-dealkylation sites (tertiary alicyclic amines) is 1. The van der Waals surface area contributed by atoms with Gasteiger partial charge in [0.15, 0.2) is 0 Å². The number of hydrogen-bond donors (Lipinski definition) is 1. The molecule has 0 aromatic carbocycles. The van der Waals surface area contributed by atoms with Crippen LogP contribution in [0.1, 0.15) is 32.6 Å². The van der Waals surface area contributed by atoms with Crippen LogP contribution in [-0.4, -0.2) is 61.4 Å². The van der Waals surface area contributed by atoms with Crippen LogP contribution in [0.15, 0.2) is 0 Å². The van der Waals surface area contributed by atoms with Crippen LogP contribution in [0.2, 0.25) is 0 Å². The number of carbonyl (C=O) groups is 2. The smallest absolute Gasteiger partial charge is 0.224 e. The molecule has 1 aliphatic heterocycles. The number of hydrogen-bond acceptors (Lipinski definition) is 3. The first-order valence-electron chi connectivity index (χ1n) is 7.68. The molecule has 0 aromatic heterocycles. The van der Waals surface area contributed by atoms with Crippen LogP contribution in [0.3, 0.4) is 0 Å². The van der Waals surface area contributed by atoms with Gasteiger partial charge >= 0.3 is 0 Å². The Bertz CT molecular complexity index is 364. The van der Waals surface area contributed by atoms with Gasteiger partial charge in [0.2, 0.25) is 11.8 Å². The molecule has 1 N–H and O–H groups in total. The highest BCUT2D eigenvalue weighted by Gasteiger charge is 2.33. The first-order valence-corrected chi connectivity index (χ1v) is 7.68. The highest BCUT2D eigenvalue weighted by atomic mass is 16.2. The summed E-state index contributed by atoms with van der Waals surface area (Å²) in [5.41, 5.74) is 0. The standard InChI is InChI=1S/C15H27N3O2/c1-11(19)18-8-4-5-13(10-18)15(20)16-9-14(17(2)3)12-6-7-12/h12-14H,4-10H2,1-3H3,(H,16,20)/t13-,14+/m0/s1. The maximum atomic E-state index is 12.3. The number of likely N-dealkylation sites (N-methyl/N-ethyl adjacent to an activating group) is 1. The molecule has 20 heavy (non-hydrogen) atoms. The zero-order valence-corrected chi connectivity index (χ0v) is 12.9. The Morgan fingerprint density at radius 1 is 1.30 bits per heavy atom. The van der Waals surface area contributed by atoms with Crippen LogP contribution < -0.4 is 5.32 Å². The van der Waals surface area contributed by atoms with Gasteiger partial charge in [-0.05, 0) is 45.7 Å². The van der Waals surface area contributed by atoms with Crippen molar-refractivity contribution in [1.82, 2.24) is 15.1 Å². The van der Waals surface area contributed by atoms with Crippen molar-refractivity contribution < 1.29 is 9.59 Å². The van der Waals surface area contributed by atoms with E-state index in [1.807, 2.05) is 0 Å². The fraction of sp³-hybridized carbons (Fsp3) is 0.867. The summed E-state index contributed by atoms with van der Waals surface area (Å²) in [7, 11) is 4.15. The zero-order chi connectivity index (χ0) is 14.7. The summed E-state index contributed by atoms with van der Waals surface area (Å²) in [5, 5.41) is 3.10. The number of carbonyl (C=O) groups excluding carboxylic acids is 2. The van der Waals surface area contributed by atoms with E-state index in [1.54, 1.807) is 11.8 Å². The first-order chi connectivity index (χ1) is 9.49. The van der Waals surface area contributed by atoms with Gasteiger partial charge in [-0.15, -0.1) is 0 Å². The van der Waals surface area contributed by atoms with Crippen molar-refractivity contribution in [2.24, 2.45) is 11.8 Å². The lowest BCUT2D eigenvalue weighted by Crippen LogP contribution is -2.48. The Balaban J connectivity index is 1.80. The summed E-state index contributed by atoms with van der Waals surface area (Å²) in [6.45, 7) is 3.68. The molecular weight excluding hydrogens is 254 g/mol. The Labute approximate surface area is 121 Å². The number of rotatable bonds is 5. The lowest BCUT2D eigenvalue weighted by Gasteiger charge is -2.32. The van der Waals surface area contributed by atoms with E-state index < -0.39 is 0 Å². The molecule has 2 fully saturated rings. The predicted molar refractivity (Wildman–Crippen MR) is 78.2 cm³/mol. The van der Waals surface area contributed by atoms with Gasteiger partial charge in [0.1, 0.15) is 0 Å². The molecular formula is C15H27N3O2. The molecule has 5 heteroatoms. The molecule has 5 nitrogen and oxygen atoms in total. The van der Waals surface area contributed by atoms with Gasteiger partial charge in [-0.2, -0.15) is 0 Å². The molecule has 0 aromatic rings. The molecule has 2 atom stereocenters. The summed E-state index contributed by atoms with van der Waals surface area (Å²) < 4.78 is 0. The lowest BCUT2D eigenvalue weighted by molar-refractivity contribution is -0.134. The van der Waals surface area contributed by atoms with Gasteiger partial charge in [0.05, 0.1) is 5.92 Å². The Hall–Kier alpha value is -1.10. The van der Waals surface area contributed by atoms with Crippen LogP contribution >= 0.6 is 0 Å². The fourth-order valence-corrected chi connectivity index (χ4v) is 3.08. The molecule has 2 amide bonds. The van der Waals surface area contributed by atoms with Gasteiger partial charge in [-0.3, -0.25) is 9.59 Å². The van der Waals surface area contributed by atoms with Crippen molar-refractivity contribution in [3.05, 3.63) is 0 Å². The van der Waals surface area contributed by atoms with Crippen LogP contribution in [0.4, 0.5) is 0 Å². The maximum absolute atomic E-state index is 12.3. The summed E-state index contributed by atoms with van der Waals surface area (Å²) in [6.07, 6.45) is 4.38. The highest BCUT2D eigenvalue weighted by molar-refractivity contribution is 5.80. The van der Waals surface area contributed by atoms with Gasteiger partial charge in [0.25, 0.3) is 0 Å². The van der Waals surface area contributed by atoms with Crippen molar-refractivity contribution in [3.8, 4) is 0 Å². The van der Waals surface area contributed by atoms with Crippen molar-refractivity contribution in [2.75, 3.05) is 33.7 Å². The molecule has 1 saturated carbocycles. The number of nitrogens with zero attached hydrogens (tertiary/aromatic N) is 2. The van der Waals surface area contributed by atoms with E-state index in [0.29, 0.717) is 12.6 Å². The second-order valence-corrected chi connectivity index (χ2v) is 6.42. The predicted octanol–water partition coefficient (Wildman–Crippen LogP) is 0.701. The Morgan fingerprint density at radius 2 is 2.00 bits per heavy atom. The molecule has 1 saturated heterocycles. The fourth-order valence-electron chi connectivity index (χ4n) is 3.08. The molecule has 114 valence electrons. The minimum absolute atomic E-state index is 0.0327. The Kier molecular flexibility index (Phi) is 5.02. The van der Waals surface area contributed by atoms with E-state index in [1.165, 1.54) is 12.8 Å². The summed E-state index contributed by atoms with van der Waals surface area (Å²) in [5.74, 6) is 0.898. The van der Waals surface area contributed by atoms with E-state index >= 15 is 0 Å². The topological polar surface area (TPSA) is 52.7 Å². The van der Waals surface area contributed by atoms with Crippen molar-refractivity contribution >= 4 is 11.8 Å². The quantitative estimate of drug-likeness (QED) is 0.807. The summed E-state index contributed by atoms with van der Waals surface area (Å²) in [4.78, 5) is 27.7. The average molecular weight is 281 g/mol. The van der Waals surface area contributed by atoms with E-state index in [2.05, 4.69) is 24.3 Å². The zero-order valence-electron chi connectivity index (χ0n) is 12.9. The second kappa shape index (κ2) is 6.57. The van der Waals surface area contributed by atoms with Crippen molar-refractivity contribution in [3.63, 3.8) is 0 Å². The normalized spacial score (nSPS) is 24.6. The second-order valence-electron chi connectivity index (χ2n) is 6.42. The van der Waals surface area contributed by atoms with Gasteiger partial charge in [-0.25, -0.2) is 0 Å².